The van der Waals surface area contributed by atoms with Crippen LogP contribution in [0.4, 0.5) is 0 Å². The third-order valence-electron chi connectivity index (χ3n) is 2.08. The van der Waals surface area contributed by atoms with Gasteiger partial charge in [0.1, 0.15) is 11.3 Å². The molecule has 0 saturated heterocycles. The van der Waals surface area contributed by atoms with Crippen LogP contribution in [0.2, 0.25) is 5.02 Å². The fourth-order valence-corrected chi connectivity index (χ4v) is 1.54. The Bertz CT molecular complexity index is 506. The SMILES string of the molecule is O=C(O)CCc1onc2cc(Cl)ccc12. The number of carboxylic acid groups (broad SMARTS) is 1. The molecule has 5 heteroatoms. The Morgan fingerprint density at radius 2 is 2.33 bits per heavy atom. The maximum absolute atomic E-state index is 10.4. The number of aryl methyl sites for hydroxylation is 1. The average Bonchev–Trinajstić information content (AvgIpc) is 2.57. The van der Waals surface area contributed by atoms with Gasteiger partial charge in [0.2, 0.25) is 0 Å². The van der Waals surface area contributed by atoms with Crippen molar-refractivity contribution in [2.75, 3.05) is 0 Å². The third-order valence-corrected chi connectivity index (χ3v) is 2.32. The summed E-state index contributed by atoms with van der Waals surface area (Å²) in [6.45, 7) is 0. The van der Waals surface area contributed by atoms with Crippen LogP contribution in [-0.2, 0) is 11.2 Å². The predicted octanol–water partition coefficient (Wildman–Crippen LogP) is 2.50. The number of hydrogen-bond acceptors (Lipinski definition) is 3. The number of hydrogen-bond donors (Lipinski definition) is 1. The Balaban J connectivity index is 2.32. The van der Waals surface area contributed by atoms with Crippen molar-refractivity contribution in [2.24, 2.45) is 0 Å². The molecular formula is C10H8ClNO3. The summed E-state index contributed by atoms with van der Waals surface area (Å²) in [5.74, 6) is -0.266. The maximum atomic E-state index is 10.4. The van der Waals surface area contributed by atoms with Crippen LogP contribution in [0, 0.1) is 0 Å². The first-order valence-corrected chi connectivity index (χ1v) is 4.80. The van der Waals surface area contributed by atoms with Gasteiger partial charge in [0, 0.05) is 16.8 Å². The second-order valence-electron chi connectivity index (χ2n) is 3.16. The molecule has 2 aromatic rings. The third kappa shape index (κ3) is 2.10. The van der Waals surface area contributed by atoms with Crippen LogP contribution >= 0.6 is 11.6 Å². The number of aliphatic carboxylic acids is 1. The molecule has 4 nitrogen and oxygen atoms in total. The number of rotatable bonds is 3. The second-order valence-corrected chi connectivity index (χ2v) is 3.60. The van der Waals surface area contributed by atoms with Crippen molar-refractivity contribution in [3.8, 4) is 0 Å². The highest BCUT2D eigenvalue weighted by atomic mass is 35.5. The van der Waals surface area contributed by atoms with E-state index in [1.807, 2.05) is 0 Å². The Morgan fingerprint density at radius 3 is 3.07 bits per heavy atom. The van der Waals surface area contributed by atoms with Crippen LogP contribution in [0.15, 0.2) is 22.7 Å². The smallest absolute Gasteiger partial charge is 0.303 e. The molecule has 0 aliphatic heterocycles. The van der Waals surface area contributed by atoms with Crippen LogP contribution in [0.25, 0.3) is 10.9 Å². The van der Waals surface area contributed by atoms with Gasteiger partial charge in [-0.3, -0.25) is 4.79 Å². The van der Waals surface area contributed by atoms with Gasteiger partial charge in [0.25, 0.3) is 0 Å². The minimum absolute atomic E-state index is 0.0346. The molecule has 2 rings (SSSR count). The van der Waals surface area contributed by atoms with Gasteiger partial charge in [-0.25, -0.2) is 0 Å². The van der Waals surface area contributed by atoms with Crippen molar-refractivity contribution in [2.45, 2.75) is 12.8 Å². The minimum atomic E-state index is -0.853. The average molecular weight is 226 g/mol. The lowest BCUT2D eigenvalue weighted by Gasteiger charge is -1.92. The molecule has 1 heterocycles. The predicted molar refractivity (Wildman–Crippen MR) is 55.0 cm³/mol. The van der Waals surface area contributed by atoms with Crippen molar-refractivity contribution in [3.63, 3.8) is 0 Å². The van der Waals surface area contributed by atoms with Crippen LogP contribution in [-0.4, -0.2) is 16.2 Å². The zero-order chi connectivity index (χ0) is 10.8. The fourth-order valence-electron chi connectivity index (χ4n) is 1.37. The van der Waals surface area contributed by atoms with Crippen LogP contribution < -0.4 is 0 Å². The largest absolute Gasteiger partial charge is 0.481 e. The van der Waals surface area contributed by atoms with E-state index in [1.165, 1.54) is 0 Å². The number of aromatic nitrogens is 1. The molecule has 0 amide bonds. The molecule has 0 aliphatic carbocycles. The molecule has 1 aromatic heterocycles. The highest BCUT2D eigenvalue weighted by Crippen LogP contribution is 2.22. The maximum Gasteiger partial charge on any atom is 0.303 e. The van der Waals surface area contributed by atoms with Crippen molar-refractivity contribution < 1.29 is 14.4 Å². The van der Waals surface area contributed by atoms with Crippen molar-refractivity contribution in [1.29, 1.82) is 0 Å². The molecule has 0 radical (unpaired) electrons. The van der Waals surface area contributed by atoms with Crippen molar-refractivity contribution >= 4 is 28.5 Å². The molecule has 0 spiro atoms. The summed E-state index contributed by atoms with van der Waals surface area (Å²) in [4.78, 5) is 10.4. The summed E-state index contributed by atoms with van der Waals surface area (Å²) in [5.41, 5.74) is 0.655. The molecule has 78 valence electrons. The first-order valence-electron chi connectivity index (χ1n) is 4.42. The van der Waals surface area contributed by atoms with Gasteiger partial charge in [-0.1, -0.05) is 16.8 Å². The van der Waals surface area contributed by atoms with Crippen molar-refractivity contribution in [1.82, 2.24) is 5.16 Å². The van der Waals surface area contributed by atoms with E-state index in [0.717, 1.165) is 5.39 Å². The number of nitrogens with zero attached hydrogens (tertiary/aromatic N) is 1. The molecule has 1 aromatic carbocycles. The van der Waals surface area contributed by atoms with Gasteiger partial charge in [0.15, 0.2) is 0 Å². The molecule has 0 aliphatic rings. The summed E-state index contributed by atoms with van der Waals surface area (Å²) in [6.07, 6.45) is 0.375. The molecule has 0 fully saturated rings. The molecular weight excluding hydrogens is 218 g/mol. The highest BCUT2D eigenvalue weighted by Gasteiger charge is 2.09. The van der Waals surface area contributed by atoms with Crippen LogP contribution in [0.3, 0.4) is 0 Å². The zero-order valence-electron chi connectivity index (χ0n) is 7.74. The minimum Gasteiger partial charge on any atom is -0.481 e. The molecule has 15 heavy (non-hydrogen) atoms. The number of halogens is 1. The number of carboxylic acids is 1. The van der Waals surface area contributed by atoms with Crippen LogP contribution in [0.5, 0.6) is 0 Å². The van der Waals surface area contributed by atoms with Gasteiger partial charge >= 0.3 is 5.97 Å². The topological polar surface area (TPSA) is 63.3 Å². The van der Waals surface area contributed by atoms with E-state index in [-0.39, 0.29) is 6.42 Å². The van der Waals surface area contributed by atoms with E-state index in [4.69, 9.17) is 21.2 Å². The Morgan fingerprint density at radius 1 is 1.53 bits per heavy atom. The summed E-state index contributed by atoms with van der Waals surface area (Å²) in [7, 11) is 0. The lowest BCUT2D eigenvalue weighted by atomic mass is 10.1. The summed E-state index contributed by atoms with van der Waals surface area (Å²) in [6, 6.07) is 5.20. The highest BCUT2D eigenvalue weighted by molar-refractivity contribution is 6.31. The number of carbonyl (C=O) groups is 1. The second kappa shape index (κ2) is 3.90. The first kappa shape index (κ1) is 9.98. The standard InChI is InChI=1S/C10H8ClNO3/c11-6-1-2-7-8(5-6)12-15-9(7)3-4-10(13)14/h1-2,5H,3-4H2,(H,13,14). The van der Waals surface area contributed by atoms with Crippen molar-refractivity contribution in [3.05, 3.63) is 29.0 Å². The van der Waals surface area contributed by atoms with E-state index < -0.39 is 5.97 Å². The van der Waals surface area contributed by atoms with Crippen LogP contribution in [0.1, 0.15) is 12.2 Å². The number of fused-ring (bicyclic) bond motifs is 1. The van der Waals surface area contributed by atoms with E-state index >= 15 is 0 Å². The summed E-state index contributed by atoms with van der Waals surface area (Å²) < 4.78 is 5.05. The van der Waals surface area contributed by atoms with Gasteiger partial charge in [-0.2, -0.15) is 0 Å². The van der Waals surface area contributed by atoms with Gasteiger partial charge < -0.3 is 9.63 Å². The fraction of sp³-hybridized carbons (Fsp3) is 0.200. The molecule has 0 unspecified atom stereocenters. The molecule has 1 N–H and O–H groups in total. The van der Waals surface area contributed by atoms with Gasteiger partial charge in [-0.15, -0.1) is 0 Å². The summed E-state index contributed by atoms with van der Waals surface area (Å²) >= 11 is 5.78. The number of benzene rings is 1. The Kier molecular flexibility index (Phi) is 2.60. The monoisotopic (exact) mass is 225 g/mol. The van der Waals surface area contributed by atoms with Gasteiger partial charge in [0.05, 0.1) is 6.42 Å². The van der Waals surface area contributed by atoms with E-state index in [2.05, 4.69) is 5.16 Å². The Hall–Kier alpha value is -1.55. The van der Waals surface area contributed by atoms with E-state index in [9.17, 15) is 4.79 Å². The lowest BCUT2D eigenvalue weighted by molar-refractivity contribution is -0.137. The van der Waals surface area contributed by atoms with Gasteiger partial charge in [-0.05, 0) is 18.2 Å². The zero-order valence-corrected chi connectivity index (χ0v) is 8.49. The summed E-state index contributed by atoms with van der Waals surface area (Å²) in [5, 5.41) is 13.8. The molecule has 0 bridgehead atoms. The molecule has 0 atom stereocenters. The quantitative estimate of drug-likeness (QED) is 0.872. The van der Waals surface area contributed by atoms with E-state index in [1.54, 1.807) is 18.2 Å². The Labute approximate surface area is 90.4 Å². The van der Waals surface area contributed by atoms with E-state index in [0.29, 0.717) is 22.7 Å². The molecule has 0 saturated carbocycles. The first-order chi connectivity index (χ1) is 7.16. The lowest BCUT2D eigenvalue weighted by Crippen LogP contribution is -1.96. The normalized spacial score (nSPS) is 10.7.